The van der Waals surface area contributed by atoms with Crippen LogP contribution in [0.1, 0.15) is 18.9 Å². The number of benzene rings is 1. The summed E-state index contributed by atoms with van der Waals surface area (Å²) in [7, 11) is 0. The zero-order valence-electron chi connectivity index (χ0n) is 9.07. The Morgan fingerprint density at radius 2 is 2.20 bits per heavy atom. The van der Waals surface area contributed by atoms with Crippen LogP contribution < -0.4 is 10.1 Å². The molecule has 2 nitrogen and oxygen atoms in total. The van der Waals surface area contributed by atoms with Crippen molar-refractivity contribution >= 4 is 0 Å². The second-order valence-electron chi connectivity index (χ2n) is 4.78. The van der Waals surface area contributed by atoms with Crippen molar-refractivity contribution in [2.24, 2.45) is 5.92 Å². The highest BCUT2D eigenvalue weighted by Crippen LogP contribution is 2.31. The number of ether oxygens (including phenoxy) is 1. The van der Waals surface area contributed by atoms with Crippen molar-refractivity contribution in [1.82, 2.24) is 5.32 Å². The summed E-state index contributed by atoms with van der Waals surface area (Å²) in [6.45, 7) is 3.28. The molecule has 0 aromatic heterocycles. The van der Waals surface area contributed by atoms with E-state index in [4.69, 9.17) is 4.74 Å². The van der Waals surface area contributed by atoms with E-state index in [9.17, 15) is 0 Å². The summed E-state index contributed by atoms with van der Waals surface area (Å²) < 4.78 is 5.86. The summed E-state index contributed by atoms with van der Waals surface area (Å²) in [5.74, 6) is 1.95. The third kappa shape index (κ3) is 1.86. The fourth-order valence-corrected chi connectivity index (χ4v) is 2.26. The molecule has 2 aliphatic rings. The molecule has 2 heteroatoms. The molecule has 0 amide bonds. The Morgan fingerprint density at radius 3 is 2.93 bits per heavy atom. The molecular formula is C13H17NO. The average molecular weight is 203 g/mol. The minimum Gasteiger partial charge on any atom is -0.488 e. The lowest BCUT2D eigenvalue weighted by Gasteiger charge is -2.11. The SMILES string of the molecule is CC1CC1NCC1Cc2ccccc2O1. The fourth-order valence-electron chi connectivity index (χ4n) is 2.26. The topological polar surface area (TPSA) is 21.3 Å². The van der Waals surface area contributed by atoms with Gasteiger partial charge in [0.2, 0.25) is 0 Å². The maximum atomic E-state index is 5.86. The first-order valence-electron chi connectivity index (χ1n) is 5.81. The van der Waals surface area contributed by atoms with Crippen LogP contribution in [-0.4, -0.2) is 18.7 Å². The Balaban J connectivity index is 1.55. The molecule has 1 aliphatic heterocycles. The van der Waals surface area contributed by atoms with Crippen LogP contribution in [0.3, 0.4) is 0 Å². The molecule has 1 aliphatic carbocycles. The van der Waals surface area contributed by atoms with Crippen molar-refractivity contribution in [3.05, 3.63) is 29.8 Å². The van der Waals surface area contributed by atoms with Gasteiger partial charge in [-0.1, -0.05) is 25.1 Å². The molecule has 3 rings (SSSR count). The first-order valence-corrected chi connectivity index (χ1v) is 5.81. The number of fused-ring (bicyclic) bond motifs is 1. The van der Waals surface area contributed by atoms with Crippen LogP contribution in [0.25, 0.3) is 0 Å². The summed E-state index contributed by atoms with van der Waals surface area (Å²) in [5, 5.41) is 3.56. The minimum absolute atomic E-state index is 0.343. The van der Waals surface area contributed by atoms with E-state index in [1.54, 1.807) is 0 Å². The first kappa shape index (κ1) is 9.22. The maximum Gasteiger partial charge on any atom is 0.123 e. The van der Waals surface area contributed by atoms with E-state index in [1.807, 2.05) is 6.07 Å². The largest absolute Gasteiger partial charge is 0.488 e. The van der Waals surface area contributed by atoms with Gasteiger partial charge in [-0.2, -0.15) is 0 Å². The van der Waals surface area contributed by atoms with Gasteiger partial charge in [-0.05, 0) is 24.0 Å². The van der Waals surface area contributed by atoms with Gasteiger partial charge in [0.1, 0.15) is 11.9 Å². The molecule has 15 heavy (non-hydrogen) atoms. The third-order valence-corrected chi connectivity index (χ3v) is 3.43. The molecule has 1 heterocycles. The number of para-hydroxylation sites is 1. The van der Waals surface area contributed by atoms with Gasteiger partial charge >= 0.3 is 0 Å². The molecule has 0 spiro atoms. The predicted octanol–water partition coefficient (Wildman–Crippen LogP) is 1.99. The molecule has 3 unspecified atom stereocenters. The smallest absolute Gasteiger partial charge is 0.123 e. The molecule has 1 saturated carbocycles. The van der Waals surface area contributed by atoms with Crippen molar-refractivity contribution in [3.8, 4) is 5.75 Å². The maximum absolute atomic E-state index is 5.86. The lowest BCUT2D eigenvalue weighted by molar-refractivity contribution is 0.226. The zero-order valence-corrected chi connectivity index (χ0v) is 9.07. The predicted molar refractivity (Wildman–Crippen MR) is 60.1 cm³/mol. The second kappa shape index (κ2) is 3.53. The molecule has 1 N–H and O–H groups in total. The normalized spacial score (nSPS) is 32.2. The van der Waals surface area contributed by atoms with E-state index in [-0.39, 0.29) is 0 Å². The van der Waals surface area contributed by atoms with Crippen LogP contribution in [0.5, 0.6) is 5.75 Å². The molecule has 1 fully saturated rings. The van der Waals surface area contributed by atoms with Gasteiger partial charge < -0.3 is 10.1 Å². The van der Waals surface area contributed by atoms with Crippen molar-refractivity contribution in [3.63, 3.8) is 0 Å². The molecule has 80 valence electrons. The molecular weight excluding hydrogens is 186 g/mol. The van der Waals surface area contributed by atoms with Gasteiger partial charge in [0.15, 0.2) is 0 Å². The highest BCUT2D eigenvalue weighted by atomic mass is 16.5. The first-order chi connectivity index (χ1) is 7.33. The minimum atomic E-state index is 0.343. The van der Waals surface area contributed by atoms with Crippen LogP contribution in [0.4, 0.5) is 0 Å². The molecule has 1 aromatic carbocycles. The quantitative estimate of drug-likeness (QED) is 0.811. The summed E-state index contributed by atoms with van der Waals surface area (Å²) in [4.78, 5) is 0. The van der Waals surface area contributed by atoms with E-state index in [2.05, 4.69) is 30.4 Å². The Hall–Kier alpha value is -1.02. The van der Waals surface area contributed by atoms with E-state index >= 15 is 0 Å². The van der Waals surface area contributed by atoms with Crippen LogP contribution >= 0.6 is 0 Å². The molecule has 3 atom stereocenters. The second-order valence-corrected chi connectivity index (χ2v) is 4.78. The highest BCUT2D eigenvalue weighted by Gasteiger charge is 2.33. The van der Waals surface area contributed by atoms with E-state index in [0.29, 0.717) is 6.10 Å². The van der Waals surface area contributed by atoms with E-state index in [0.717, 1.165) is 30.7 Å². The Kier molecular flexibility index (Phi) is 2.17. The molecule has 0 saturated heterocycles. The van der Waals surface area contributed by atoms with E-state index < -0.39 is 0 Å². The molecule has 0 radical (unpaired) electrons. The average Bonchev–Trinajstić information content (AvgIpc) is 2.79. The van der Waals surface area contributed by atoms with Crippen molar-refractivity contribution in [2.75, 3.05) is 6.54 Å². The van der Waals surface area contributed by atoms with Crippen molar-refractivity contribution in [2.45, 2.75) is 31.9 Å². The zero-order chi connectivity index (χ0) is 10.3. The molecule has 1 aromatic rings. The Labute approximate surface area is 90.6 Å². The van der Waals surface area contributed by atoms with Gasteiger partial charge in [0.25, 0.3) is 0 Å². The van der Waals surface area contributed by atoms with Gasteiger partial charge in [-0.25, -0.2) is 0 Å². The highest BCUT2D eigenvalue weighted by molar-refractivity contribution is 5.37. The van der Waals surface area contributed by atoms with Crippen molar-refractivity contribution < 1.29 is 4.74 Å². The molecule has 0 bridgehead atoms. The van der Waals surface area contributed by atoms with Gasteiger partial charge in [0.05, 0.1) is 0 Å². The van der Waals surface area contributed by atoms with Gasteiger partial charge in [0, 0.05) is 19.0 Å². The van der Waals surface area contributed by atoms with Crippen LogP contribution in [-0.2, 0) is 6.42 Å². The van der Waals surface area contributed by atoms with Gasteiger partial charge in [-0.3, -0.25) is 0 Å². The standard InChI is InChI=1S/C13H17NO/c1-9-6-12(9)14-8-11-7-10-4-2-3-5-13(10)15-11/h2-5,9,11-12,14H,6-8H2,1H3. The van der Waals surface area contributed by atoms with Crippen molar-refractivity contribution in [1.29, 1.82) is 0 Å². The van der Waals surface area contributed by atoms with Crippen LogP contribution in [0.15, 0.2) is 24.3 Å². The van der Waals surface area contributed by atoms with E-state index in [1.165, 1.54) is 12.0 Å². The Morgan fingerprint density at radius 1 is 1.40 bits per heavy atom. The fraction of sp³-hybridized carbons (Fsp3) is 0.538. The lowest BCUT2D eigenvalue weighted by Crippen LogP contribution is -2.32. The third-order valence-electron chi connectivity index (χ3n) is 3.43. The summed E-state index contributed by atoms with van der Waals surface area (Å²) >= 11 is 0. The summed E-state index contributed by atoms with van der Waals surface area (Å²) in [5.41, 5.74) is 1.35. The van der Waals surface area contributed by atoms with Gasteiger partial charge in [-0.15, -0.1) is 0 Å². The summed E-state index contributed by atoms with van der Waals surface area (Å²) in [6, 6.07) is 9.10. The Bertz CT molecular complexity index is 338. The number of rotatable bonds is 3. The number of nitrogens with one attached hydrogen (secondary N) is 1. The number of hydrogen-bond donors (Lipinski definition) is 1. The number of hydrogen-bond acceptors (Lipinski definition) is 2. The van der Waals surface area contributed by atoms with Crippen LogP contribution in [0.2, 0.25) is 0 Å². The van der Waals surface area contributed by atoms with Crippen LogP contribution in [0, 0.1) is 5.92 Å². The monoisotopic (exact) mass is 203 g/mol. The lowest BCUT2D eigenvalue weighted by atomic mass is 10.1. The summed E-state index contributed by atoms with van der Waals surface area (Å²) in [6.07, 6.45) is 2.74.